The molecule has 0 fully saturated rings. The summed E-state index contributed by atoms with van der Waals surface area (Å²) in [5, 5.41) is 0. The first-order chi connectivity index (χ1) is 9.98. The van der Waals surface area contributed by atoms with Crippen LogP contribution in [0.25, 0.3) is 11.5 Å². The fraction of sp³-hybridized carbons (Fsp3) is 0.438. The molecule has 2 aromatic heterocycles. The van der Waals surface area contributed by atoms with Gasteiger partial charge in [0.15, 0.2) is 5.82 Å². The predicted octanol–water partition coefficient (Wildman–Crippen LogP) is 2.52. The van der Waals surface area contributed by atoms with Gasteiger partial charge in [-0.3, -0.25) is 0 Å². The first kappa shape index (κ1) is 13.9. The van der Waals surface area contributed by atoms with Crippen molar-refractivity contribution in [2.45, 2.75) is 32.7 Å². The molecule has 2 N–H and O–H groups in total. The highest BCUT2D eigenvalue weighted by Crippen LogP contribution is 2.38. The lowest BCUT2D eigenvalue weighted by Crippen LogP contribution is -2.30. The number of fused-ring (bicyclic) bond motifs is 1. The van der Waals surface area contributed by atoms with Crippen molar-refractivity contribution in [2.24, 2.45) is 11.1 Å². The molecule has 5 nitrogen and oxygen atoms in total. The maximum atomic E-state index is 6.24. The molecular formula is C16H20N4O. The maximum Gasteiger partial charge on any atom is 0.213 e. The largest absolute Gasteiger partial charge is 0.481 e. The molecule has 1 unspecified atom stereocenters. The van der Waals surface area contributed by atoms with Crippen LogP contribution in [0, 0.1) is 5.41 Å². The van der Waals surface area contributed by atoms with Crippen LogP contribution in [0.2, 0.25) is 0 Å². The maximum absolute atomic E-state index is 6.24. The Morgan fingerprint density at radius 2 is 2.10 bits per heavy atom. The Hall–Kier alpha value is -2.01. The van der Waals surface area contributed by atoms with Crippen LogP contribution >= 0.6 is 0 Å². The van der Waals surface area contributed by atoms with Gasteiger partial charge >= 0.3 is 0 Å². The molecule has 5 heteroatoms. The molecule has 0 saturated heterocycles. The summed E-state index contributed by atoms with van der Waals surface area (Å²) in [7, 11) is 1.60. The summed E-state index contributed by atoms with van der Waals surface area (Å²) in [4.78, 5) is 13.5. The molecule has 2 aromatic rings. The average molecular weight is 284 g/mol. The van der Waals surface area contributed by atoms with E-state index in [1.165, 1.54) is 0 Å². The Kier molecular flexibility index (Phi) is 3.37. The Labute approximate surface area is 124 Å². The van der Waals surface area contributed by atoms with E-state index in [4.69, 9.17) is 15.5 Å². The summed E-state index contributed by atoms with van der Waals surface area (Å²) in [6.45, 7) is 4.45. The first-order valence-electron chi connectivity index (χ1n) is 7.11. The summed E-state index contributed by atoms with van der Waals surface area (Å²) in [6.07, 6.45) is 3.72. The fourth-order valence-electron chi connectivity index (χ4n) is 2.88. The third kappa shape index (κ3) is 2.74. The number of pyridine rings is 1. The molecule has 21 heavy (non-hydrogen) atoms. The van der Waals surface area contributed by atoms with Crippen LogP contribution in [0.15, 0.2) is 24.4 Å². The number of methoxy groups -OCH3 is 1. The van der Waals surface area contributed by atoms with Crippen molar-refractivity contribution in [3.05, 3.63) is 35.7 Å². The minimum atomic E-state index is 0.0102. The topological polar surface area (TPSA) is 73.9 Å². The number of rotatable bonds is 2. The lowest BCUT2D eigenvalue weighted by Gasteiger charge is -2.34. The Bertz CT molecular complexity index is 669. The van der Waals surface area contributed by atoms with E-state index in [9.17, 15) is 0 Å². The van der Waals surface area contributed by atoms with Crippen LogP contribution in [0.1, 0.15) is 37.6 Å². The number of hydrogen-bond acceptors (Lipinski definition) is 5. The Balaban J connectivity index is 2.03. The molecule has 1 aliphatic carbocycles. The number of aromatic nitrogens is 3. The van der Waals surface area contributed by atoms with Crippen molar-refractivity contribution in [2.75, 3.05) is 7.11 Å². The predicted molar refractivity (Wildman–Crippen MR) is 80.8 cm³/mol. The van der Waals surface area contributed by atoms with Gasteiger partial charge in [0.1, 0.15) is 5.69 Å². The van der Waals surface area contributed by atoms with Gasteiger partial charge in [0.2, 0.25) is 5.88 Å². The van der Waals surface area contributed by atoms with E-state index in [1.54, 1.807) is 13.2 Å². The Morgan fingerprint density at radius 1 is 1.29 bits per heavy atom. The number of nitrogens with two attached hydrogens (primary N) is 1. The SMILES string of the molecule is COc1cccc(-c2ncc3c(n2)CC(C)(C)CC3N)n1. The summed E-state index contributed by atoms with van der Waals surface area (Å²) >= 11 is 0. The van der Waals surface area contributed by atoms with E-state index in [2.05, 4.69) is 23.8 Å². The van der Waals surface area contributed by atoms with Crippen molar-refractivity contribution in [1.82, 2.24) is 15.0 Å². The van der Waals surface area contributed by atoms with Gasteiger partial charge in [-0.15, -0.1) is 0 Å². The van der Waals surface area contributed by atoms with Gasteiger partial charge in [-0.2, -0.15) is 0 Å². The number of hydrogen-bond donors (Lipinski definition) is 1. The molecule has 0 radical (unpaired) electrons. The van der Waals surface area contributed by atoms with Crippen LogP contribution in [-0.2, 0) is 6.42 Å². The average Bonchev–Trinajstić information content (AvgIpc) is 2.45. The van der Waals surface area contributed by atoms with Gasteiger partial charge in [0.05, 0.1) is 7.11 Å². The molecule has 1 aliphatic rings. The molecule has 1 atom stereocenters. The summed E-state index contributed by atoms with van der Waals surface area (Å²) in [5.41, 5.74) is 9.22. The van der Waals surface area contributed by atoms with Crippen LogP contribution < -0.4 is 10.5 Å². The third-order valence-electron chi connectivity index (χ3n) is 3.88. The van der Waals surface area contributed by atoms with Gasteiger partial charge in [-0.25, -0.2) is 15.0 Å². The van der Waals surface area contributed by atoms with Crippen molar-refractivity contribution in [1.29, 1.82) is 0 Å². The molecule has 2 heterocycles. The minimum Gasteiger partial charge on any atom is -0.481 e. The molecule has 110 valence electrons. The lowest BCUT2D eigenvalue weighted by atomic mass is 9.74. The fourth-order valence-corrected chi connectivity index (χ4v) is 2.88. The summed E-state index contributed by atoms with van der Waals surface area (Å²) in [6, 6.07) is 5.59. The minimum absolute atomic E-state index is 0.0102. The third-order valence-corrected chi connectivity index (χ3v) is 3.88. The zero-order chi connectivity index (χ0) is 15.0. The molecule has 0 spiro atoms. The van der Waals surface area contributed by atoms with Crippen LogP contribution in [0.3, 0.4) is 0 Å². The number of ether oxygens (including phenoxy) is 1. The molecule has 0 aliphatic heterocycles. The van der Waals surface area contributed by atoms with Gasteiger partial charge in [0, 0.05) is 29.6 Å². The highest BCUT2D eigenvalue weighted by Gasteiger charge is 2.31. The van der Waals surface area contributed by atoms with Gasteiger partial charge < -0.3 is 10.5 Å². The summed E-state index contributed by atoms with van der Waals surface area (Å²) < 4.78 is 5.15. The van der Waals surface area contributed by atoms with Crippen molar-refractivity contribution in [3.63, 3.8) is 0 Å². The van der Waals surface area contributed by atoms with Crippen LogP contribution in [0.5, 0.6) is 5.88 Å². The molecule has 0 amide bonds. The quantitative estimate of drug-likeness (QED) is 0.917. The van der Waals surface area contributed by atoms with E-state index >= 15 is 0 Å². The standard InChI is InChI=1S/C16H20N4O/c1-16(2)7-11(17)10-9-18-15(20-13(10)8-16)12-5-4-6-14(19-12)21-3/h4-6,9,11H,7-8,17H2,1-3H3. The molecule has 0 saturated carbocycles. The zero-order valence-corrected chi connectivity index (χ0v) is 12.6. The number of nitrogens with zero attached hydrogens (tertiary/aromatic N) is 3. The van der Waals surface area contributed by atoms with Crippen LogP contribution in [-0.4, -0.2) is 22.1 Å². The Morgan fingerprint density at radius 3 is 2.86 bits per heavy atom. The second kappa shape index (κ2) is 5.07. The van der Waals surface area contributed by atoms with Crippen LogP contribution in [0.4, 0.5) is 0 Å². The highest BCUT2D eigenvalue weighted by molar-refractivity contribution is 5.51. The van der Waals surface area contributed by atoms with E-state index in [0.29, 0.717) is 17.4 Å². The monoisotopic (exact) mass is 284 g/mol. The zero-order valence-electron chi connectivity index (χ0n) is 12.6. The second-order valence-corrected chi connectivity index (χ2v) is 6.31. The van der Waals surface area contributed by atoms with E-state index < -0.39 is 0 Å². The van der Waals surface area contributed by atoms with E-state index in [-0.39, 0.29) is 11.5 Å². The lowest BCUT2D eigenvalue weighted by molar-refractivity contribution is 0.278. The first-order valence-corrected chi connectivity index (χ1v) is 7.11. The molecular weight excluding hydrogens is 264 g/mol. The van der Waals surface area contributed by atoms with Gasteiger partial charge in [-0.1, -0.05) is 19.9 Å². The molecule has 3 rings (SSSR count). The highest BCUT2D eigenvalue weighted by atomic mass is 16.5. The molecule has 0 bridgehead atoms. The smallest absolute Gasteiger partial charge is 0.213 e. The normalized spacial score (nSPS) is 19.9. The van der Waals surface area contributed by atoms with Gasteiger partial charge in [-0.05, 0) is 24.3 Å². The van der Waals surface area contributed by atoms with E-state index in [0.717, 1.165) is 24.1 Å². The van der Waals surface area contributed by atoms with Crippen molar-refractivity contribution in [3.8, 4) is 17.4 Å². The second-order valence-electron chi connectivity index (χ2n) is 6.31. The summed E-state index contributed by atoms with van der Waals surface area (Å²) in [5.74, 6) is 1.18. The van der Waals surface area contributed by atoms with Crippen molar-refractivity contribution >= 4 is 0 Å². The van der Waals surface area contributed by atoms with Crippen molar-refractivity contribution < 1.29 is 4.74 Å². The van der Waals surface area contributed by atoms with Gasteiger partial charge in [0.25, 0.3) is 0 Å². The van der Waals surface area contributed by atoms with E-state index in [1.807, 2.05) is 18.3 Å². The molecule has 0 aromatic carbocycles.